The van der Waals surface area contributed by atoms with Gasteiger partial charge in [0.05, 0.1) is 0 Å². The van der Waals surface area contributed by atoms with Crippen molar-refractivity contribution in [2.45, 2.75) is 13.8 Å². The molecule has 0 rings (SSSR count). The Hall–Kier alpha value is 3.33. The molecule has 0 aromatic rings. The van der Waals surface area contributed by atoms with Gasteiger partial charge in [-0.15, -0.1) is 0 Å². The molecular weight excluding hydrogens is 218 g/mol. The fraction of sp³-hybridized carbons (Fsp3) is 1.00. The predicted octanol–water partition coefficient (Wildman–Crippen LogP) is -7.78. The summed E-state index contributed by atoms with van der Waals surface area (Å²) in [5.74, 6) is 0. The van der Waals surface area contributed by atoms with Gasteiger partial charge in [0, 0.05) is 13.2 Å². The van der Waals surface area contributed by atoms with Gasteiger partial charge in [-0.3, -0.25) is 0 Å². The minimum atomic E-state index is -4.20. The van der Waals surface area contributed by atoms with Gasteiger partial charge >= 0.3 is 103 Å². The fourth-order valence-electron chi connectivity index (χ4n) is 0.395. The van der Waals surface area contributed by atoms with Crippen LogP contribution in [0.25, 0.3) is 0 Å². The van der Waals surface area contributed by atoms with Crippen LogP contribution in [0.1, 0.15) is 13.8 Å². The molecule has 0 bridgehead atoms. The van der Waals surface area contributed by atoms with E-state index in [0.717, 1.165) is 0 Å². The Bertz CT molecular complexity index is 74.5. The third kappa shape index (κ3) is 13.3. The normalized spacial score (nSPS) is 9.82. The second kappa shape index (κ2) is 11.4. The van der Waals surface area contributed by atoms with E-state index in [9.17, 15) is 9.59 Å². The topological polar surface area (TPSA) is 64.6 Å². The predicted molar refractivity (Wildman–Crippen MR) is 29.0 cm³/mol. The molecule has 0 aliphatic rings. The van der Waals surface area contributed by atoms with Crippen molar-refractivity contribution in [2.75, 3.05) is 13.2 Å². The van der Waals surface area contributed by atoms with Crippen LogP contribution in [0.4, 0.5) is 0 Å². The summed E-state index contributed by atoms with van der Waals surface area (Å²) >= 11 is 0. The zero-order chi connectivity index (χ0) is 7.33. The molecule has 0 fully saturated rings. The average molecular weight is 228 g/mol. The van der Waals surface area contributed by atoms with E-state index in [2.05, 4.69) is 8.85 Å². The molecule has 0 amide bonds. The van der Waals surface area contributed by atoms with Crippen molar-refractivity contribution in [1.29, 1.82) is 0 Å². The van der Waals surface area contributed by atoms with E-state index in [1.54, 1.807) is 13.8 Å². The molecular formula is C4H10K2O4Si. The summed E-state index contributed by atoms with van der Waals surface area (Å²) in [5.41, 5.74) is 0. The van der Waals surface area contributed by atoms with Gasteiger partial charge in [-0.25, -0.2) is 0 Å². The molecule has 0 aliphatic heterocycles. The Kier molecular flexibility index (Phi) is 20.6. The molecule has 4 nitrogen and oxygen atoms in total. The monoisotopic (exact) mass is 228 g/mol. The Morgan fingerprint density at radius 3 is 1.45 bits per heavy atom. The molecule has 7 heteroatoms. The van der Waals surface area contributed by atoms with E-state index in [1.165, 1.54) is 0 Å². The van der Waals surface area contributed by atoms with Gasteiger partial charge in [-0.1, -0.05) is 0 Å². The molecule has 0 aromatic carbocycles. The van der Waals surface area contributed by atoms with E-state index in [4.69, 9.17) is 0 Å². The quantitative estimate of drug-likeness (QED) is 0.448. The van der Waals surface area contributed by atoms with Crippen LogP contribution < -0.4 is 112 Å². The Balaban J connectivity index is -0.000000320. The standard InChI is InChI=1S/C4H10O4Si.2K/c1-3-7-9(5,6)8-4-2;;/h3-4H2,1-2H3;;/q-2;2*+1. The van der Waals surface area contributed by atoms with Crippen LogP contribution in [-0.4, -0.2) is 22.3 Å². The minimum absolute atomic E-state index is 0. The second-order valence-electron chi connectivity index (χ2n) is 1.37. The summed E-state index contributed by atoms with van der Waals surface area (Å²) in [5, 5.41) is 0. The van der Waals surface area contributed by atoms with E-state index in [1.807, 2.05) is 0 Å². The first kappa shape index (κ1) is 19.8. The third-order valence-electron chi connectivity index (χ3n) is 0.642. The van der Waals surface area contributed by atoms with Gasteiger partial charge in [0.25, 0.3) is 0 Å². The van der Waals surface area contributed by atoms with Gasteiger partial charge in [0.2, 0.25) is 0 Å². The molecule has 0 saturated heterocycles. The minimum Gasteiger partial charge on any atom is -0.828 e. The van der Waals surface area contributed by atoms with E-state index in [0.29, 0.717) is 0 Å². The van der Waals surface area contributed by atoms with Gasteiger partial charge in [0.1, 0.15) is 9.05 Å². The summed E-state index contributed by atoms with van der Waals surface area (Å²) in [4.78, 5) is 20.9. The van der Waals surface area contributed by atoms with E-state index < -0.39 is 9.05 Å². The first-order chi connectivity index (χ1) is 4.12. The van der Waals surface area contributed by atoms with Crippen LogP contribution in [0.3, 0.4) is 0 Å². The second-order valence-corrected chi connectivity index (χ2v) is 2.94. The van der Waals surface area contributed by atoms with Crippen molar-refractivity contribution >= 4 is 9.05 Å². The van der Waals surface area contributed by atoms with Crippen molar-refractivity contribution in [3.05, 3.63) is 0 Å². The summed E-state index contributed by atoms with van der Waals surface area (Å²) < 4.78 is 8.55. The van der Waals surface area contributed by atoms with Crippen molar-refractivity contribution < 1.29 is 121 Å². The summed E-state index contributed by atoms with van der Waals surface area (Å²) in [6, 6.07) is 0. The fourth-order valence-corrected chi connectivity index (χ4v) is 1.19. The molecule has 11 heavy (non-hydrogen) atoms. The van der Waals surface area contributed by atoms with Gasteiger partial charge < -0.3 is 18.4 Å². The molecule has 0 saturated carbocycles. The molecule has 0 aliphatic carbocycles. The molecule has 0 aromatic heterocycles. The first-order valence-electron chi connectivity index (χ1n) is 2.81. The molecule has 56 valence electrons. The molecule has 0 unspecified atom stereocenters. The van der Waals surface area contributed by atoms with Crippen molar-refractivity contribution in [3.8, 4) is 0 Å². The average Bonchev–Trinajstić information content (AvgIpc) is 1.64. The van der Waals surface area contributed by atoms with Crippen molar-refractivity contribution in [2.24, 2.45) is 0 Å². The number of hydrogen-bond donors (Lipinski definition) is 0. The van der Waals surface area contributed by atoms with Crippen LogP contribution in [0.5, 0.6) is 0 Å². The molecule has 0 radical (unpaired) electrons. The van der Waals surface area contributed by atoms with E-state index in [-0.39, 0.29) is 116 Å². The van der Waals surface area contributed by atoms with Crippen LogP contribution in [-0.2, 0) is 8.85 Å². The smallest absolute Gasteiger partial charge is 0.828 e. The number of rotatable bonds is 4. The number of hydrogen-bond acceptors (Lipinski definition) is 4. The Labute approximate surface area is 153 Å². The molecule has 0 atom stereocenters. The zero-order valence-corrected chi connectivity index (χ0v) is 14.8. The zero-order valence-electron chi connectivity index (χ0n) is 7.55. The summed E-state index contributed by atoms with van der Waals surface area (Å²) in [6.45, 7) is 3.46. The maximum atomic E-state index is 10.4. The van der Waals surface area contributed by atoms with Gasteiger partial charge in [0.15, 0.2) is 0 Å². The van der Waals surface area contributed by atoms with Crippen molar-refractivity contribution in [1.82, 2.24) is 0 Å². The summed E-state index contributed by atoms with van der Waals surface area (Å²) in [7, 11) is -4.20. The maximum absolute atomic E-state index is 10.4. The van der Waals surface area contributed by atoms with Crippen molar-refractivity contribution in [3.63, 3.8) is 0 Å². The van der Waals surface area contributed by atoms with Crippen LogP contribution in [0.2, 0.25) is 0 Å². The largest absolute Gasteiger partial charge is 1.00 e. The Morgan fingerprint density at radius 2 is 1.27 bits per heavy atom. The molecule has 0 spiro atoms. The van der Waals surface area contributed by atoms with E-state index >= 15 is 0 Å². The van der Waals surface area contributed by atoms with Gasteiger partial charge in [-0.05, 0) is 13.8 Å². The van der Waals surface area contributed by atoms with Crippen LogP contribution in [0.15, 0.2) is 0 Å². The van der Waals surface area contributed by atoms with Crippen LogP contribution in [0, 0.1) is 0 Å². The Morgan fingerprint density at radius 1 is 1.00 bits per heavy atom. The van der Waals surface area contributed by atoms with Crippen LogP contribution >= 0.6 is 0 Å². The molecule has 0 N–H and O–H groups in total. The maximum Gasteiger partial charge on any atom is 1.00 e. The molecule has 0 heterocycles. The van der Waals surface area contributed by atoms with Gasteiger partial charge in [-0.2, -0.15) is 0 Å². The first-order valence-corrected chi connectivity index (χ1v) is 4.44. The SMILES string of the molecule is CCO[Si]([O-])([O-])OCC.[K+].[K+]. The third-order valence-corrected chi connectivity index (χ3v) is 1.93. The summed E-state index contributed by atoms with van der Waals surface area (Å²) in [6.07, 6.45) is 0.